The molecule has 0 atom stereocenters. The first-order valence-corrected chi connectivity index (χ1v) is 11.4. The lowest BCUT2D eigenvalue weighted by atomic mass is 10.2. The molecule has 3 aromatic heterocycles. The van der Waals surface area contributed by atoms with Gasteiger partial charge in [0.15, 0.2) is 11.4 Å². The molecule has 39 heavy (non-hydrogen) atoms. The molecule has 1 aromatic carbocycles. The number of carbonyl (C=O) groups excluding carboxylic acids is 3. The quantitative estimate of drug-likeness (QED) is 0.273. The molecule has 4 aromatic rings. The van der Waals surface area contributed by atoms with Crippen LogP contribution in [0.2, 0.25) is 0 Å². The zero-order valence-corrected chi connectivity index (χ0v) is 21.0. The van der Waals surface area contributed by atoms with Gasteiger partial charge in [-0.25, -0.2) is 24.2 Å². The van der Waals surface area contributed by atoms with Gasteiger partial charge >= 0.3 is 12.1 Å². The van der Waals surface area contributed by atoms with Crippen molar-refractivity contribution in [1.29, 1.82) is 0 Å². The van der Waals surface area contributed by atoms with Crippen LogP contribution in [0.3, 0.4) is 0 Å². The van der Waals surface area contributed by atoms with Gasteiger partial charge in [0.05, 0.1) is 23.1 Å². The van der Waals surface area contributed by atoms with E-state index in [0.29, 0.717) is 11.3 Å². The molecule has 0 fully saturated rings. The lowest BCUT2D eigenvalue weighted by Gasteiger charge is -2.19. The standard InChI is InChI=1S/C25H23N7O7/c1-25(2,3)39-24(37)30-18-10-14(8-9-27-18)22-29-17(12-38-22)21(34)28-16-11-32(31-19(16)20(26)33)15-6-4-13(5-7-15)23(35)36/h4-12H,1-3H3,(H2,26,33)(H,28,34)(H,35,36)(H,27,30,37). The van der Waals surface area contributed by atoms with Gasteiger partial charge < -0.3 is 25.3 Å². The van der Waals surface area contributed by atoms with Crippen molar-refractivity contribution in [2.45, 2.75) is 26.4 Å². The Morgan fingerprint density at radius 2 is 1.79 bits per heavy atom. The number of rotatable bonds is 7. The summed E-state index contributed by atoms with van der Waals surface area (Å²) in [6, 6.07) is 8.76. The molecule has 0 saturated carbocycles. The number of hydrogen-bond acceptors (Lipinski definition) is 9. The first kappa shape index (κ1) is 26.5. The number of nitrogens with one attached hydrogen (secondary N) is 2. The van der Waals surface area contributed by atoms with Crippen molar-refractivity contribution >= 4 is 35.4 Å². The third kappa shape index (κ3) is 6.43. The number of carbonyl (C=O) groups is 4. The Bertz CT molecular complexity index is 1570. The molecule has 5 N–H and O–H groups in total. The number of benzene rings is 1. The molecular weight excluding hydrogens is 510 g/mol. The summed E-state index contributed by atoms with van der Waals surface area (Å²) in [6.45, 7) is 5.18. The van der Waals surface area contributed by atoms with Crippen molar-refractivity contribution in [2.75, 3.05) is 10.6 Å². The van der Waals surface area contributed by atoms with Gasteiger partial charge in [0.25, 0.3) is 11.8 Å². The molecular formula is C25H23N7O7. The summed E-state index contributed by atoms with van der Waals surface area (Å²) in [4.78, 5) is 56.1. The predicted octanol–water partition coefficient (Wildman–Crippen LogP) is 3.32. The molecule has 3 amide bonds. The molecule has 0 radical (unpaired) electrons. The summed E-state index contributed by atoms with van der Waals surface area (Å²) in [6.07, 6.45) is 3.20. The zero-order valence-electron chi connectivity index (χ0n) is 21.0. The molecule has 0 unspecified atom stereocenters. The molecule has 14 nitrogen and oxygen atoms in total. The van der Waals surface area contributed by atoms with Crippen LogP contribution in [0.15, 0.2) is 59.5 Å². The minimum absolute atomic E-state index is 0.00659. The summed E-state index contributed by atoms with van der Waals surface area (Å²) in [5.74, 6) is -2.45. The zero-order chi connectivity index (χ0) is 28.3. The number of aromatic carboxylic acids is 1. The number of anilines is 2. The molecule has 0 saturated heterocycles. The van der Waals surface area contributed by atoms with Gasteiger partial charge in [-0.3, -0.25) is 14.9 Å². The Hall–Kier alpha value is -5.53. The monoisotopic (exact) mass is 533 g/mol. The molecule has 0 aliphatic rings. The molecule has 14 heteroatoms. The van der Waals surface area contributed by atoms with Crippen LogP contribution in [0.4, 0.5) is 16.3 Å². The topological polar surface area (TPSA) is 205 Å². The lowest BCUT2D eigenvalue weighted by Crippen LogP contribution is -2.27. The molecule has 200 valence electrons. The van der Waals surface area contributed by atoms with Crippen molar-refractivity contribution < 1.29 is 33.4 Å². The average molecular weight is 534 g/mol. The van der Waals surface area contributed by atoms with Crippen molar-refractivity contribution in [3.63, 3.8) is 0 Å². The summed E-state index contributed by atoms with van der Waals surface area (Å²) in [5.41, 5.74) is 5.32. The van der Waals surface area contributed by atoms with E-state index in [9.17, 15) is 19.2 Å². The minimum atomic E-state index is -1.10. The third-order valence-corrected chi connectivity index (χ3v) is 4.95. The maximum absolute atomic E-state index is 12.9. The van der Waals surface area contributed by atoms with Gasteiger partial charge in [-0.15, -0.1) is 0 Å². The fourth-order valence-corrected chi connectivity index (χ4v) is 3.27. The van der Waals surface area contributed by atoms with E-state index < -0.39 is 29.5 Å². The number of aromatic nitrogens is 4. The predicted molar refractivity (Wildman–Crippen MR) is 137 cm³/mol. The van der Waals surface area contributed by atoms with E-state index in [1.165, 1.54) is 47.4 Å². The summed E-state index contributed by atoms with van der Waals surface area (Å²) in [5, 5.41) is 18.2. The molecule has 3 heterocycles. The molecule has 0 spiro atoms. The normalized spacial score (nSPS) is 11.1. The highest BCUT2D eigenvalue weighted by molar-refractivity contribution is 6.07. The van der Waals surface area contributed by atoms with Crippen molar-refractivity contribution in [2.24, 2.45) is 5.73 Å². The van der Waals surface area contributed by atoms with E-state index >= 15 is 0 Å². The Balaban J connectivity index is 1.51. The van der Waals surface area contributed by atoms with Crippen molar-refractivity contribution in [3.8, 4) is 17.1 Å². The van der Waals surface area contributed by atoms with Crippen LogP contribution in [0.5, 0.6) is 0 Å². The second kappa shape index (κ2) is 10.5. The minimum Gasteiger partial charge on any atom is -0.478 e. The first-order valence-electron chi connectivity index (χ1n) is 11.4. The highest BCUT2D eigenvalue weighted by atomic mass is 16.6. The van der Waals surface area contributed by atoms with Crippen LogP contribution in [0.25, 0.3) is 17.1 Å². The highest BCUT2D eigenvalue weighted by Crippen LogP contribution is 2.23. The maximum Gasteiger partial charge on any atom is 0.413 e. The Morgan fingerprint density at radius 3 is 2.44 bits per heavy atom. The third-order valence-electron chi connectivity index (χ3n) is 4.95. The second-order valence-electron chi connectivity index (χ2n) is 9.10. The number of amides is 3. The van der Waals surface area contributed by atoms with Gasteiger partial charge in [-0.2, -0.15) is 5.10 Å². The van der Waals surface area contributed by atoms with Gasteiger partial charge in [0.1, 0.15) is 17.7 Å². The number of hydrogen-bond donors (Lipinski definition) is 4. The lowest BCUT2D eigenvalue weighted by molar-refractivity contribution is 0.0633. The van der Waals surface area contributed by atoms with Crippen LogP contribution in [-0.2, 0) is 4.74 Å². The van der Waals surface area contributed by atoms with E-state index in [2.05, 4.69) is 25.7 Å². The fraction of sp³-hybridized carbons (Fsp3) is 0.160. The van der Waals surface area contributed by atoms with E-state index in [1.54, 1.807) is 26.8 Å². The Labute approximate surface area is 220 Å². The number of pyridine rings is 1. The van der Waals surface area contributed by atoms with Crippen molar-refractivity contribution in [1.82, 2.24) is 19.7 Å². The highest BCUT2D eigenvalue weighted by Gasteiger charge is 2.21. The number of carboxylic acid groups (broad SMARTS) is 1. The number of carboxylic acids is 1. The molecule has 0 aliphatic carbocycles. The fourth-order valence-electron chi connectivity index (χ4n) is 3.27. The van der Waals surface area contributed by atoms with Crippen LogP contribution in [-0.4, -0.2) is 54.3 Å². The van der Waals surface area contributed by atoms with E-state index in [1.807, 2.05) is 0 Å². The van der Waals surface area contributed by atoms with E-state index in [4.69, 9.17) is 20.0 Å². The number of ether oxygens (including phenoxy) is 1. The van der Waals surface area contributed by atoms with Crippen LogP contribution < -0.4 is 16.4 Å². The van der Waals surface area contributed by atoms with Crippen molar-refractivity contribution in [3.05, 3.63) is 72.0 Å². The summed E-state index contributed by atoms with van der Waals surface area (Å²) >= 11 is 0. The Kier molecular flexibility index (Phi) is 7.11. The van der Waals surface area contributed by atoms with Crippen LogP contribution in [0.1, 0.15) is 52.1 Å². The largest absolute Gasteiger partial charge is 0.478 e. The van der Waals surface area contributed by atoms with E-state index in [0.717, 1.165) is 6.26 Å². The summed E-state index contributed by atoms with van der Waals surface area (Å²) in [7, 11) is 0. The second-order valence-corrected chi connectivity index (χ2v) is 9.10. The Morgan fingerprint density at radius 1 is 1.08 bits per heavy atom. The first-order chi connectivity index (χ1) is 18.4. The number of oxazole rings is 1. The smallest absolute Gasteiger partial charge is 0.413 e. The molecule has 0 aliphatic heterocycles. The number of nitrogens with two attached hydrogens (primary N) is 1. The molecule has 4 rings (SSSR count). The van der Waals surface area contributed by atoms with Gasteiger partial charge in [0, 0.05) is 11.8 Å². The van der Waals surface area contributed by atoms with Gasteiger partial charge in [-0.05, 0) is 57.2 Å². The van der Waals surface area contributed by atoms with Crippen LogP contribution in [0, 0.1) is 0 Å². The SMILES string of the molecule is CC(C)(C)OC(=O)Nc1cc(-c2nc(C(=O)Nc3cn(-c4ccc(C(=O)O)cc4)nc3C(N)=O)co2)ccn1. The molecule has 0 bridgehead atoms. The maximum atomic E-state index is 12.9. The van der Waals surface area contributed by atoms with Crippen LogP contribution >= 0.6 is 0 Å². The number of primary amides is 1. The van der Waals surface area contributed by atoms with Gasteiger partial charge in [-0.1, -0.05) is 0 Å². The average Bonchev–Trinajstić information content (AvgIpc) is 3.51. The number of nitrogens with zero attached hydrogens (tertiary/aromatic N) is 4. The van der Waals surface area contributed by atoms with Gasteiger partial charge in [0.2, 0.25) is 5.89 Å². The summed E-state index contributed by atoms with van der Waals surface area (Å²) < 4.78 is 11.9. The van der Waals surface area contributed by atoms with E-state index in [-0.39, 0.29) is 34.3 Å².